The van der Waals surface area contributed by atoms with Crippen molar-refractivity contribution in [1.29, 1.82) is 0 Å². The normalized spacial score (nSPS) is 12.9. The van der Waals surface area contributed by atoms with Crippen LogP contribution in [0, 0.1) is 6.92 Å². The second kappa shape index (κ2) is 9.26. The van der Waals surface area contributed by atoms with Crippen molar-refractivity contribution in [2.24, 2.45) is 0 Å². The molecule has 0 aliphatic carbocycles. The van der Waals surface area contributed by atoms with E-state index in [1.54, 1.807) is 17.1 Å². The summed E-state index contributed by atoms with van der Waals surface area (Å²) in [5.41, 5.74) is 2.75. The maximum Gasteiger partial charge on any atom is 0.252 e. The Labute approximate surface area is 190 Å². The minimum absolute atomic E-state index is 0.121. The first-order chi connectivity index (χ1) is 14.9. The summed E-state index contributed by atoms with van der Waals surface area (Å²) in [5, 5.41) is 1.31. The van der Waals surface area contributed by atoms with Gasteiger partial charge in [0.1, 0.15) is 0 Å². The number of hydrogen-bond acceptors (Lipinski definition) is 6. The number of ether oxygens (including phenoxy) is 2. The summed E-state index contributed by atoms with van der Waals surface area (Å²) in [6, 6.07) is 9.43. The number of halogens is 1. The third-order valence-electron chi connectivity index (χ3n) is 4.98. The molecule has 0 saturated heterocycles. The van der Waals surface area contributed by atoms with E-state index >= 15 is 0 Å². The van der Waals surface area contributed by atoms with Crippen LogP contribution in [0.2, 0.25) is 5.02 Å². The average molecular weight is 458 g/mol. The molecule has 1 aromatic heterocycles. The molecule has 0 atom stereocenters. The topological polar surface area (TPSA) is 54.9 Å². The molecule has 0 fully saturated rings. The first-order valence-corrected chi connectivity index (χ1v) is 11.2. The van der Waals surface area contributed by atoms with Crippen LogP contribution in [0.4, 0.5) is 5.13 Å². The molecule has 0 unspecified atom stereocenters. The van der Waals surface area contributed by atoms with E-state index in [2.05, 4.69) is 4.90 Å². The van der Waals surface area contributed by atoms with Gasteiger partial charge in [-0.15, -0.1) is 0 Å². The molecule has 1 aliphatic heterocycles. The molecular formula is C23H24ClN3O3S. The molecule has 162 valence electrons. The van der Waals surface area contributed by atoms with Crippen molar-refractivity contribution >= 4 is 50.3 Å². The van der Waals surface area contributed by atoms with E-state index in [0.717, 1.165) is 40.1 Å². The van der Waals surface area contributed by atoms with Crippen LogP contribution in [0.5, 0.6) is 11.5 Å². The van der Waals surface area contributed by atoms with Gasteiger partial charge in [-0.1, -0.05) is 35.1 Å². The summed E-state index contributed by atoms with van der Waals surface area (Å²) in [6.07, 6.45) is 4.20. The number of aromatic nitrogens is 1. The van der Waals surface area contributed by atoms with Crippen molar-refractivity contribution in [3.63, 3.8) is 0 Å². The van der Waals surface area contributed by atoms with Crippen LogP contribution >= 0.6 is 22.9 Å². The zero-order valence-electron chi connectivity index (χ0n) is 17.7. The number of amides is 1. The SMILES string of the molecule is Cc1ccc(Cl)c2sc(N(CCCN(C)C)C(=O)/C=C/c3ccc4c(c3)OCO4)nc12. The van der Waals surface area contributed by atoms with Crippen molar-refractivity contribution in [3.8, 4) is 11.5 Å². The number of thiazole rings is 1. The molecular weight excluding hydrogens is 434 g/mol. The van der Waals surface area contributed by atoms with Crippen LogP contribution in [0.25, 0.3) is 16.3 Å². The smallest absolute Gasteiger partial charge is 0.252 e. The van der Waals surface area contributed by atoms with Crippen LogP contribution in [-0.4, -0.2) is 49.8 Å². The number of carbonyl (C=O) groups is 1. The lowest BCUT2D eigenvalue weighted by Crippen LogP contribution is -2.32. The molecule has 0 radical (unpaired) electrons. The van der Waals surface area contributed by atoms with E-state index in [-0.39, 0.29) is 12.7 Å². The van der Waals surface area contributed by atoms with E-state index in [0.29, 0.717) is 22.4 Å². The molecule has 0 N–H and O–H groups in total. The Morgan fingerprint density at radius 1 is 1.19 bits per heavy atom. The minimum atomic E-state index is -0.121. The zero-order chi connectivity index (χ0) is 22.0. The maximum atomic E-state index is 13.2. The molecule has 8 heteroatoms. The van der Waals surface area contributed by atoms with Gasteiger partial charge in [0.05, 0.1) is 15.2 Å². The Kier molecular flexibility index (Phi) is 6.46. The Hall–Kier alpha value is -2.61. The molecule has 0 saturated carbocycles. The van der Waals surface area contributed by atoms with Gasteiger partial charge in [-0.2, -0.15) is 0 Å². The van der Waals surface area contributed by atoms with Crippen molar-refractivity contribution in [2.45, 2.75) is 13.3 Å². The molecule has 0 spiro atoms. The number of nitrogens with zero attached hydrogens (tertiary/aromatic N) is 3. The maximum absolute atomic E-state index is 13.2. The van der Waals surface area contributed by atoms with Gasteiger partial charge in [0, 0.05) is 12.6 Å². The van der Waals surface area contributed by atoms with E-state index in [1.807, 2.05) is 51.4 Å². The van der Waals surface area contributed by atoms with Crippen molar-refractivity contribution in [1.82, 2.24) is 9.88 Å². The third kappa shape index (κ3) is 4.84. The van der Waals surface area contributed by atoms with Gasteiger partial charge in [-0.05, 0) is 69.4 Å². The summed E-state index contributed by atoms with van der Waals surface area (Å²) in [5.74, 6) is 1.29. The van der Waals surface area contributed by atoms with Crippen LogP contribution in [0.1, 0.15) is 17.5 Å². The van der Waals surface area contributed by atoms with Gasteiger partial charge in [-0.3, -0.25) is 9.69 Å². The molecule has 1 aliphatic rings. The summed E-state index contributed by atoms with van der Waals surface area (Å²) in [6.45, 7) is 3.67. The van der Waals surface area contributed by atoms with Gasteiger partial charge >= 0.3 is 0 Å². The standard InChI is InChI=1S/C23H24ClN3O3S/c1-15-5-8-17(24)22-21(15)25-23(31-22)27(12-4-11-26(2)3)20(28)10-7-16-6-9-18-19(13-16)30-14-29-18/h5-10,13H,4,11-12,14H2,1-3H3/b10-7+. The number of rotatable bonds is 7. The number of hydrogen-bond donors (Lipinski definition) is 0. The Balaban J connectivity index is 1.60. The predicted molar refractivity (Wildman–Crippen MR) is 126 cm³/mol. The van der Waals surface area contributed by atoms with Crippen LogP contribution in [-0.2, 0) is 4.79 Å². The average Bonchev–Trinajstić information content (AvgIpc) is 3.39. The Morgan fingerprint density at radius 3 is 2.77 bits per heavy atom. The first-order valence-electron chi connectivity index (χ1n) is 10.0. The number of benzene rings is 2. The summed E-state index contributed by atoms with van der Waals surface area (Å²) in [7, 11) is 4.04. The number of aryl methyl sites for hydroxylation is 1. The fourth-order valence-electron chi connectivity index (χ4n) is 3.33. The highest BCUT2D eigenvalue weighted by molar-refractivity contribution is 7.23. The van der Waals surface area contributed by atoms with Gasteiger partial charge in [-0.25, -0.2) is 4.98 Å². The molecule has 0 bridgehead atoms. The lowest BCUT2D eigenvalue weighted by Gasteiger charge is -2.19. The summed E-state index contributed by atoms with van der Waals surface area (Å²) in [4.78, 5) is 21.8. The van der Waals surface area contributed by atoms with E-state index in [1.165, 1.54) is 11.3 Å². The van der Waals surface area contributed by atoms with Gasteiger partial charge in [0.2, 0.25) is 6.79 Å². The summed E-state index contributed by atoms with van der Waals surface area (Å²) < 4.78 is 11.7. The highest BCUT2D eigenvalue weighted by Crippen LogP contribution is 2.36. The lowest BCUT2D eigenvalue weighted by molar-refractivity contribution is -0.114. The van der Waals surface area contributed by atoms with Crippen LogP contribution in [0.3, 0.4) is 0 Å². The zero-order valence-corrected chi connectivity index (χ0v) is 19.3. The number of carbonyl (C=O) groups excluding carboxylic acids is 1. The van der Waals surface area contributed by atoms with Crippen LogP contribution in [0.15, 0.2) is 36.4 Å². The molecule has 1 amide bonds. The highest BCUT2D eigenvalue weighted by Gasteiger charge is 2.20. The minimum Gasteiger partial charge on any atom is -0.454 e. The molecule has 3 aromatic rings. The van der Waals surface area contributed by atoms with Crippen molar-refractivity contribution < 1.29 is 14.3 Å². The monoisotopic (exact) mass is 457 g/mol. The first kappa shape index (κ1) is 21.6. The molecule has 2 heterocycles. The quantitative estimate of drug-likeness (QED) is 0.468. The predicted octanol–water partition coefficient (Wildman–Crippen LogP) is 4.98. The fraction of sp³-hybridized carbons (Fsp3) is 0.304. The highest BCUT2D eigenvalue weighted by atomic mass is 35.5. The largest absolute Gasteiger partial charge is 0.454 e. The van der Waals surface area contributed by atoms with E-state index in [9.17, 15) is 4.79 Å². The Morgan fingerprint density at radius 2 is 2.00 bits per heavy atom. The molecule has 4 rings (SSSR count). The fourth-order valence-corrected chi connectivity index (χ4v) is 4.67. The summed E-state index contributed by atoms with van der Waals surface area (Å²) >= 11 is 7.83. The second-order valence-electron chi connectivity index (χ2n) is 7.63. The Bertz CT molecular complexity index is 1100. The molecule has 31 heavy (non-hydrogen) atoms. The van der Waals surface area contributed by atoms with Gasteiger partial charge in [0.15, 0.2) is 16.6 Å². The van der Waals surface area contributed by atoms with Crippen molar-refractivity contribution in [3.05, 3.63) is 52.6 Å². The van der Waals surface area contributed by atoms with E-state index < -0.39 is 0 Å². The molecule has 6 nitrogen and oxygen atoms in total. The van der Waals surface area contributed by atoms with Crippen LogP contribution < -0.4 is 14.4 Å². The van der Waals surface area contributed by atoms with E-state index in [4.69, 9.17) is 26.1 Å². The number of fused-ring (bicyclic) bond motifs is 2. The number of anilines is 1. The third-order valence-corrected chi connectivity index (χ3v) is 6.52. The lowest BCUT2D eigenvalue weighted by atomic mass is 10.2. The van der Waals surface area contributed by atoms with Crippen molar-refractivity contribution in [2.75, 3.05) is 38.9 Å². The molecule has 2 aromatic carbocycles. The van der Waals surface area contributed by atoms with Gasteiger partial charge < -0.3 is 14.4 Å². The van der Waals surface area contributed by atoms with Gasteiger partial charge in [0.25, 0.3) is 5.91 Å². The second-order valence-corrected chi connectivity index (χ2v) is 9.02.